The predicted octanol–water partition coefficient (Wildman–Crippen LogP) is 3.95. The molecule has 2 aliphatic heterocycles. The Hall–Kier alpha value is -4.04. The van der Waals surface area contributed by atoms with Gasteiger partial charge in [-0.1, -0.05) is 42.5 Å². The van der Waals surface area contributed by atoms with Gasteiger partial charge in [0.25, 0.3) is 11.6 Å². The third-order valence-electron chi connectivity index (χ3n) is 5.81. The fourth-order valence-corrected chi connectivity index (χ4v) is 4.40. The molecule has 8 nitrogen and oxygen atoms in total. The topological polar surface area (TPSA) is 93.0 Å². The highest BCUT2D eigenvalue weighted by Crippen LogP contribution is 2.47. The van der Waals surface area contributed by atoms with Crippen molar-refractivity contribution in [2.45, 2.75) is 19.1 Å². The number of hydrogen-bond donors (Lipinski definition) is 0. The van der Waals surface area contributed by atoms with E-state index in [1.54, 1.807) is 42.5 Å². The lowest BCUT2D eigenvalue weighted by atomic mass is 9.90. The molecule has 2 heterocycles. The van der Waals surface area contributed by atoms with Gasteiger partial charge in [0.15, 0.2) is 6.10 Å². The fraction of sp³-hybridized carbons (Fsp3) is 0.167. The third-order valence-corrected chi connectivity index (χ3v) is 5.81. The highest BCUT2D eigenvalue weighted by atomic mass is 16.7. The second kappa shape index (κ2) is 7.58. The minimum absolute atomic E-state index is 0.0914. The first-order valence-electron chi connectivity index (χ1n) is 10.2. The van der Waals surface area contributed by atoms with Gasteiger partial charge in [-0.25, -0.2) is 9.96 Å². The van der Waals surface area contributed by atoms with Crippen LogP contribution in [-0.4, -0.2) is 22.8 Å². The zero-order valence-corrected chi connectivity index (χ0v) is 17.1. The van der Waals surface area contributed by atoms with Gasteiger partial charge in [0, 0.05) is 12.1 Å². The average Bonchev–Trinajstić information content (AvgIpc) is 3.30. The number of aryl methyl sites for hydroxylation is 1. The van der Waals surface area contributed by atoms with Crippen molar-refractivity contribution in [1.29, 1.82) is 0 Å². The van der Waals surface area contributed by atoms with Gasteiger partial charge in [0.2, 0.25) is 5.91 Å². The van der Waals surface area contributed by atoms with Crippen molar-refractivity contribution in [2.75, 3.05) is 9.96 Å². The van der Waals surface area contributed by atoms with Gasteiger partial charge in [-0.15, -0.1) is 0 Å². The van der Waals surface area contributed by atoms with Crippen LogP contribution in [0.15, 0.2) is 78.9 Å². The molecule has 0 bridgehead atoms. The number of nitro benzene ring substituents is 1. The highest BCUT2D eigenvalue weighted by molar-refractivity contribution is 6.24. The maximum absolute atomic E-state index is 13.6. The number of para-hydroxylation sites is 1. The van der Waals surface area contributed by atoms with Crippen LogP contribution >= 0.6 is 0 Å². The van der Waals surface area contributed by atoms with Gasteiger partial charge in [0.05, 0.1) is 22.3 Å². The summed E-state index contributed by atoms with van der Waals surface area (Å²) in [7, 11) is 0. The molecule has 0 radical (unpaired) electrons. The summed E-state index contributed by atoms with van der Waals surface area (Å²) in [4.78, 5) is 44.9. The summed E-state index contributed by atoms with van der Waals surface area (Å²) in [5.41, 5.74) is 2.50. The molecule has 0 aliphatic carbocycles. The van der Waals surface area contributed by atoms with E-state index in [0.717, 1.165) is 10.5 Å². The molecule has 0 saturated carbocycles. The first-order valence-corrected chi connectivity index (χ1v) is 10.2. The SMILES string of the molecule is Cc1cccc(N2C(=O)[C@H]3[C@H](ON(c4ccccc4)[C@@H]3c3cccc([N+](=O)[O-])c3)C2=O)c1. The first-order chi connectivity index (χ1) is 15.5. The molecule has 2 amide bonds. The molecule has 5 rings (SSSR count). The van der Waals surface area contributed by atoms with E-state index in [1.807, 2.05) is 31.2 Å². The molecule has 8 heteroatoms. The summed E-state index contributed by atoms with van der Waals surface area (Å²) < 4.78 is 0. The van der Waals surface area contributed by atoms with Crippen LogP contribution in [0, 0.1) is 23.0 Å². The monoisotopic (exact) mass is 429 g/mol. The average molecular weight is 429 g/mol. The number of imide groups is 1. The summed E-state index contributed by atoms with van der Waals surface area (Å²) in [6, 6.07) is 21.7. The molecular formula is C24H19N3O5. The lowest BCUT2D eigenvalue weighted by Gasteiger charge is -2.28. The van der Waals surface area contributed by atoms with E-state index in [0.29, 0.717) is 16.9 Å². The summed E-state index contributed by atoms with van der Waals surface area (Å²) in [5.74, 6) is -1.68. The number of carbonyl (C=O) groups is 2. The quantitative estimate of drug-likeness (QED) is 0.354. The number of benzene rings is 3. The Morgan fingerprint density at radius 3 is 2.31 bits per heavy atom. The number of rotatable bonds is 4. The number of anilines is 2. The lowest BCUT2D eigenvalue weighted by Crippen LogP contribution is -2.37. The molecule has 2 aliphatic rings. The minimum Gasteiger partial charge on any atom is -0.273 e. The number of nitro groups is 1. The van der Waals surface area contributed by atoms with Crippen molar-refractivity contribution in [1.82, 2.24) is 0 Å². The van der Waals surface area contributed by atoms with Crippen LogP contribution in [-0.2, 0) is 14.4 Å². The molecule has 3 atom stereocenters. The van der Waals surface area contributed by atoms with E-state index in [-0.39, 0.29) is 11.6 Å². The minimum atomic E-state index is -1.02. The van der Waals surface area contributed by atoms with Crippen LogP contribution < -0.4 is 9.96 Å². The van der Waals surface area contributed by atoms with Crippen molar-refractivity contribution in [3.05, 3.63) is 100 Å². The van der Waals surface area contributed by atoms with Crippen LogP contribution in [0.1, 0.15) is 17.2 Å². The van der Waals surface area contributed by atoms with Crippen molar-refractivity contribution in [3.8, 4) is 0 Å². The molecule has 2 fully saturated rings. The summed E-state index contributed by atoms with van der Waals surface area (Å²) in [6.45, 7) is 1.88. The van der Waals surface area contributed by atoms with Gasteiger partial charge in [-0.2, -0.15) is 0 Å². The Bertz CT molecular complexity index is 1230. The maximum atomic E-state index is 13.6. The Morgan fingerprint density at radius 1 is 0.875 bits per heavy atom. The van der Waals surface area contributed by atoms with E-state index in [2.05, 4.69) is 0 Å². The van der Waals surface area contributed by atoms with Crippen LogP contribution in [0.4, 0.5) is 17.1 Å². The van der Waals surface area contributed by atoms with E-state index >= 15 is 0 Å². The normalized spacial score (nSPS) is 22.3. The summed E-state index contributed by atoms with van der Waals surface area (Å²) in [5, 5.41) is 12.9. The first kappa shape index (κ1) is 19.9. The van der Waals surface area contributed by atoms with Crippen molar-refractivity contribution in [2.24, 2.45) is 5.92 Å². The second-order valence-electron chi connectivity index (χ2n) is 7.86. The highest BCUT2D eigenvalue weighted by Gasteiger charge is 2.60. The summed E-state index contributed by atoms with van der Waals surface area (Å²) >= 11 is 0. The Kier molecular flexibility index (Phi) is 4.71. The molecule has 160 valence electrons. The number of nitrogens with zero attached hydrogens (tertiary/aromatic N) is 3. The van der Waals surface area contributed by atoms with Crippen molar-refractivity contribution >= 4 is 28.9 Å². The predicted molar refractivity (Wildman–Crippen MR) is 117 cm³/mol. The zero-order valence-electron chi connectivity index (χ0n) is 17.1. The Balaban J connectivity index is 1.61. The molecule has 32 heavy (non-hydrogen) atoms. The van der Waals surface area contributed by atoms with Crippen molar-refractivity contribution in [3.63, 3.8) is 0 Å². The largest absolute Gasteiger partial charge is 0.273 e. The molecule has 3 aromatic carbocycles. The smallest absolute Gasteiger partial charge is 0.269 e. The molecule has 0 spiro atoms. The molecule has 2 saturated heterocycles. The standard InChI is InChI=1S/C24H19N3O5/c1-15-7-5-11-18(13-15)25-23(28)20-21(16-8-6-12-19(14-16)27(30)31)26(32-22(20)24(25)29)17-9-3-2-4-10-17/h2-14,20-22H,1H3/t20-,21-,22+/m1/s1. The Morgan fingerprint density at radius 2 is 1.59 bits per heavy atom. The van der Waals surface area contributed by atoms with Gasteiger partial charge in [0.1, 0.15) is 5.92 Å². The number of hydroxylamine groups is 1. The molecule has 3 aromatic rings. The van der Waals surface area contributed by atoms with E-state index in [4.69, 9.17) is 4.84 Å². The van der Waals surface area contributed by atoms with Crippen LogP contribution in [0.2, 0.25) is 0 Å². The molecule has 0 aromatic heterocycles. The Labute approximate surface area is 183 Å². The van der Waals surface area contributed by atoms with Gasteiger partial charge in [-0.05, 0) is 42.3 Å². The van der Waals surface area contributed by atoms with E-state index < -0.39 is 28.9 Å². The van der Waals surface area contributed by atoms with E-state index in [9.17, 15) is 19.7 Å². The van der Waals surface area contributed by atoms with Gasteiger partial charge < -0.3 is 0 Å². The van der Waals surface area contributed by atoms with E-state index in [1.165, 1.54) is 17.2 Å². The molecular weight excluding hydrogens is 410 g/mol. The van der Waals surface area contributed by atoms with Crippen LogP contribution in [0.25, 0.3) is 0 Å². The number of carbonyl (C=O) groups excluding carboxylic acids is 2. The molecule has 0 N–H and O–H groups in total. The maximum Gasteiger partial charge on any atom is 0.269 e. The van der Waals surface area contributed by atoms with Crippen LogP contribution in [0.3, 0.4) is 0 Å². The lowest BCUT2D eigenvalue weighted by molar-refractivity contribution is -0.384. The molecule has 0 unspecified atom stereocenters. The van der Waals surface area contributed by atoms with Gasteiger partial charge >= 0.3 is 0 Å². The van der Waals surface area contributed by atoms with Crippen molar-refractivity contribution < 1.29 is 19.3 Å². The third kappa shape index (κ3) is 3.12. The number of amides is 2. The second-order valence-corrected chi connectivity index (χ2v) is 7.86. The number of non-ortho nitro benzene ring substituents is 1. The summed E-state index contributed by atoms with van der Waals surface area (Å²) in [6.07, 6.45) is -1.02. The number of fused-ring (bicyclic) bond motifs is 1. The fourth-order valence-electron chi connectivity index (χ4n) is 4.40. The zero-order chi connectivity index (χ0) is 22.4. The van der Waals surface area contributed by atoms with Gasteiger partial charge in [-0.3, -0.25) is 24.5 Å². The van der Waals surface area contributed by atoms with Crippen LogP contribution in [0.5, 0.6) is 0 Å². The number of hydrogen-bond acceptors (Lipinski definition) is 6.